The molecule has 3 unspecified atom stereocenters. The molecule has 1 N–H and O–H groups in total. The van der Waals surface area contributed by atoms with Crippen LogP contribution < -0.4 is 5.32 Å². The second-order valence-corrected chi connectivity index (χ2v) is 6.59. The van der Waals surface area contributed by atoms with Crippen LogP contribution in [0.2, 0.25) is 0 Å². The molecule has 116 valence electrons. The highest BCUT2D eigenvalue weighted by molar-refractivity contribution is 5.85. The Kier molecular flexibility index (Phi) is 5.04. The van der Waals surface area contributed by atoms with Gasteiger partial charge in [-0.1, -0.05) is 57.0 Å². The molecule has 1 aromatic rings. The van der Waals surface area contributed by atoms with E-state index in [9.17, 15) is 4.79 Å². The zero-order chi connectivity index (χ0) is 15.6. The van der Waals surface area contributed by atoms with Crippen molar-refractivity contribution in [2.75, 3.05) is 0 Å². The average Bonchev–Trinajstić information content (AvgIpc) is 2.77. The van der Waals surface area contributed by atoms with Gasteiger partial charge in [0.25, 0.3) is 0 Å². The highest BCUT2D eigenvalue weighted by Gasteiger charge is 2.42. The second kappa shape index (κ2) is 6.61. The van der Waals surface area contributed by atoms with Crippen LogP contribution in [0.3, 0.4) is 0 Å². The van der Waals surface area contributed by atoms with E-state index in [1.54, 1.807) is 0 Å². The molecule has 0 saturated carbocycles. The topological polar surface area (TPSA) is 32.3 Å². The summed E-state index contributed by atoms with van der Waals surface area (Å²) in [6, 6.07) is 8.66. The van der Waals surface area contributed by atoms with E-state index < -0.39 is 0 Å². The molecule has 21 heavy (non-hydrogen) atoms. The van der Waals surface area contributed by atoms with Crippen LogP contribution in [0.15, 0.2) is 24.3 Å². The number of hydrogen-bond donors (Lipinski definition) is 1. The van der Waals surface area contributed by atoms with Crippen molar-refractivity contribution in [3.05, 3.63) is 35.4 Å². The SMILES string of the molecule is CCCC(C)N1C(=O)C(C(C)C)NC1c1cccc(C)c1. The van der Waals surface area contributed by atoms with Crippen molar-refractivity contribution in [3.8, 4) is 0 Å². The van der Waals surface area contributed by atoms with E-state index in [0.717, 1.165) is 12.8 Å². The number of rotatable bonds is 5. The Morgan fingerprint density at radius 1 is 1.29 bits per heavy atom. The zero-order valence-electron chi connectivity index (χ0n) is 13.9. The maximum Gasteiger partial charge on any atom is 0.241 e. The molecule has 0 radical (unpaired) electrons. The highest BCUT2D eigenvalue weighted by Crippen LogP contribution is 2.31. The molecule has 0 aromatic heterocycles. The quantitative estimate of drug-likeness (QED) is 0.897. The Morgan fingerprint density at radius 3 is 2.57 bits per heavy atom. The molecule has 0 spiro atoms. The van der Waals surface area contributed by atoms with Crippen molar-refractivity contribution < 1.29 is 4.79 Å². The molecular weight excluding hydrogens is 260 g/mol. The predicted octanol–water partition coefficient (Wildman–Crippen LogP) is 3.64. The van der Waals surface area contributed by atoms with Gasteiger partial charge in [-0.2, -0.15) is 0 Å². The van der Waals surface area contributed by atoms with E-state index in [4.69, 9.17) is 0 Å². The number of carbonyl (C=O) groups is 1. The van der Waals surface area contributed by atoms with Crippen LogP contribution in [0.1, 0.15) is 57.8 Å². The minimum Gasteiger partial charge on any atom is -0.319 e. The van der Waals surface area contributed by atoms with Crippen molar-refractivity contribution in [3.63, 3.8) is 0 Å². The molecule has 0 bridgehead atoms. The van der Waals surface area contributed by atoms with E-state index in [1.807, 2.05) is 0 Å². The van der Waals surface area contributed by atoms with Gasteiger partial charge in [-0.25, -0.2) is 0 Å². The summed E-state index contributed by atoms with van der Waals surface area (Å²) in [5.41, 5.74) is 2.42. The summed E-state index contributed by atoms with van der Waals surface area (Å²) in [5.74, 6) is 0.557. The fraction of sp³-hybridized carbons (Fsp3) is 0.611. The number of benzene rings is 1. The fourth-order valence-corrected chi connectivity index (χ4v) is 3.21. The summed E-state index contributed by atoms with van der Waals surface area (Å²) in [4.78, 5) is 14.9. The van der Waals surface area contributed by atoms with Gasteiger partial charge in [0, 0.05) is 6.04 Å². The standard InChI is InChI=1S/C18H28N2O/c1-6-8-14(5)20-17(15-10-7-9-13(4)11-15)19-16(12(2)3)18(20)21/h7,9-12,14,16-17,19H,6,8H2,1-5H3. The lowest BCUT2D eigenvalue weighted by atomic mass is 10.0. The molecule has 1 heterocycles. The van der Waals surface area contributed by atoms with Gasteiger partial charge >= 0.3 is 0 Å². The summed E-state index contributed by atoms with van der Waals surface area (Å²) < 4.78 is 0. The molecular formula is C18H28N2O. The zero-order valence-corrected chi connectivity index (χ0v) is 13.9. The number of nitrogens with zero attached hydrogens (tertiary/aromatic N) is 1. The maximum atomic E-state index is 12.8. The van der Waals surface area contributed by atoms with E-state index in [2.05, 4.69) is 69.1 Å². The van der Waals surface area contributed by atoms with Gasteiger partial charge in [0.1, 0.15) is 6.17 Å². The monoisotopic (exact) mass is 288 g/mol. The number of nitrogens with one attached hydrogen (secondary N) is 1. The van der Waals surface area contributed by atoms with Crippen molar-refractivity contribution in [2.24, 2.45) is 5.92 Å². The molecule has 1 aliphatic rings. The Bertz CT molecular complexity index is 498. The number of hydrogen-bond acceptors (Lipinski definition) is 2. The predicted molar refractivity (Wildman–Crippen MR) is 86.9 cm³/mol. The van der Waals surface area contributed by atoms with E-state index in [0.29, 0.717) is 5.92 Å². The van der Waals surface area contributed by atoms with Gasteiger partial charge in [-0.3, -0.25) is 10.1 Å². The Balaban J connectivity index is 2.34. The molecule has 1 fully saturated rings. The van der Waals surface area contributed by atoms with Crippen molar-refractivity contribution in [2.45, 2.75) is 65.7 Å². The Hall–Kier alpha value is -1.35. The largest absolute Gasteiger partial charge is 0.319 e. The first-order valence-electron chi connectivity index (χ1n) is 8.10. The normalized spacial score (nSPS) is 23.9. The van der Waals surface area contributed by atoms with Gasteiger partial charge in [0.15, 0.2) is 0 Å². The Morgan fingerprint density at radius 2 is 2.00 bits per heavy atom. The first-order valence-corrected chi connectivity index (χ1v) is 8.10. The summed E-state index contributed by atoms with van der Waals surface area (Å²) in [7, 11) is 0. The fourth-order valence-electron chi connectivity index (χ4n) is 3.21. The summed E-state index contributed by atoms with van der Waals surface area (Å²) in [6.07, 6.45) is 2.14. The number of aryl methyl sites for hydroxylation is 1. The maximum absolute atomic E-state index is 12.8. The van der Waals surface area contributed by atoms with Gasteiger partial charge in [-0.05, 0) is 31.7 Å². The van der Waals surface area contributed by atoms with Gasteiger partial charge in [0.05, 0.1) is 6.04 Å². The molecule has 3 heteroatoms. The van der Waals surface area contributed by atoms with Crippen molar-refractivity contribution in [1.29, 1.82) is 0 Å². The van der Waals surface area contributed by atoms with Gasteiger partial charge in [-0.15, -0.1) is 0 Å². The first-order chi connectivity index (χ1) is 9.95. The smallest absolute Gasteiger partial charge is 0.241 e. The van der Waals surface area contributed by atoms with Crippen LogP contribution >= 0.6 is 0 Å². The molecule has 3 atom stereocenters. The third-order valence-corrected chi connectivity index (χ3v) is 4.34. The van der Waals surface area contributed by atoms with E-state index in [1.165, 1.54) is 11.1 Å². The molecule has 2 rings (SSSR count). The molecule has 1 saturated heterocycles. The number of amides is 1. The van der Waals surface area contributed by atoms with Crippen LogP contribution in [-0.4, -0.2) is 22.9 Å². The third-order valence-electron chi connectivity index (χ3n) is 4.34. The average molecular weight is 288 g/mol. The van der Waals surface area contributed by atoms with Crippen LogP contribution in [0.25, 0.3) is 0 Å². The van der Waals surface area contributed by atoms with Crippen LogP contribution in [0.5, 0.6) is 0 Å². The molecule has 1 aromatic carbocycles. The lowest BCUT2D eigenvalue weighted by Gasteiger charge is -2.30. The van der Waals surface area contributed by atoms with Gasteiger partial charge in [0.2, 0.25) is 5.91 Å². The van der Waals surface area contributed by atoms with Crippen LogP contribution in [0, 0.1) is 12.8 Å². The van der Waals surface area contributed by atoms with Crippen LogP contribution in [0.4, 0.5) is 0 Å². The molecule has 1 aliphatic heterocycles. The molecule has 1 amide bonds. The minimum absolute atomic E-state index is 0.00588. The highest BCUT2D eigenvalue weighted by atomic mass is 16.2. The van der Waals surface area contributed by atoms with E-state index >= 15 is 0 Å². The summed E-state index contributed by atoms with van der Waals surface area (Å²) in [6.45, 7) is 10.6. The van der Waals surface area contributed by atoms with Crippen molar-refractivity contribution >= 4 is 5.91 Å². The Labute approximate surface area is 128 Å². The summed E-state index contributed by atoms with van der Waals surface area (Å²) >= 11 is 0. The molecule has 0 aliphatic carbocycles. The third kappa shape index (κ3) is 3.29. The van der Waals surface area contributed by atoms with Gasteiger partial charge < -0.3 is 4.90 Å². The molecule has 3 nitrogen and oxygen atoms in total. The second-order valence-electron chi connectivity index (χ2n) is 6.59. The number of carbonyl (C=O) groups excluding carboxylic acids is 1. The van der Waals surface area contributed by atoms with E-state index in [-0.39, 0.29) is 24.2 Å². The van der Waals surface area contributed by atoms with Crippen molar-refractivity contribution in [1.82, 2.24) is 10.2 Å². The lowest BCUT2D eigenvalue weighted by molar-refractivity contribution is -0.132. The lowest BCUT2D eigenvalue weighted by Crippen LogP contribution is -2.39. The minimum atomic E-state index is -0.0742. The first kappa shape index (κ1) is 16.0. The summed E-state index contributed by atoms with van der Waals surface area (Å²) in [5, 5.41) is 3.55. The van der Waals surface area contributed by atoms with Crippen LogP contribution in [-0.2, 0) is 4.79 Å².